The zero-order valence-corrected chi connectivity index (χ0v) is 13.8. The van der Waals surface area contributed by atoms with Crippen molar-refractivity contribution >= 4 is 35.1 Å². The average Bonchev–Trinajstić information content (AvgIpc) is 2.54. The molecule has 2 aromatic carbocycles. The third-order valence-electron chi connectivity index (χ3n) is 2.97. The number of nitrogens with zero attached hydrogens (tertiary/aromatic N) is 1. The van der Waals surface area contributed by atoms with Gasteiger partial charge in [-0.2, -0.15) is 5.26 Å². The summed E-state index contributed by atoms with van der Waals surface area (Å²) in [5.41, 5.74) is 0.321. The van der Waals surface area contributed by atoms with E-state index in [0.29, 0.717) is 10.6 Å². The summed E-state index contributed by atoms with van der Waals surface area (Å²) >= 11 is 11.7. The van der Waals surface area contributed by atoms with Gasteiger partial charge in [0, 0.05) is 5.56 Å². The molecule has 0 aromatic heterocycles. The number of alkyl halides is 3. The van der Waals surface area contributed by atoms with Crippen molar-refractivity contribution in [1.29, 1.82) is 5.26 Å². The van der Waals surface area contributed by atoms with Gasteiger partial charge in [0.05, 0.1) is 10.0 Å². The smallest absolute Gasteiger partial charge is 0.406 e. The van der Waals surface area contributed by atoms with Gasteiger partial charge in [-0.25, -0.2) is 0 Å². The van der Waals surface area contributed by atoms with Crippen molar-refractivity contribution in [3.05, 3.63) is 69.2 Å². The van der Waals surface area contributed by atoms with Crippen LogP contribution in [0, 0.1) is 11.3 Å². The number of ether oxygens (including phenoxy) is 1. The molecule has 0 aliphatic carbocycles. The highest BCUT2D eigenvalue weighted by Gasteiger charge is 2.31. The van der Waals surface area contributed by atoms with E-state index < -0.39 is 17.9 Å². The second-order valence-corrected chi connectivity index (χ2v) is 5.56. The predicted molar refractivity (Wildman–Crippen MR) is 87.5 cm³/mol. The summed E-state index contributed by atoms with van der Waals surface area (Å²) in [6.45, 7) is 0. The summed E-state index contributed by atoms with van der Waals surface area (Å²) < 4.78 is 40.1. The molecule has 0 fully saturated rings. The first kappa shape index (κ1) is 18.8. The number of carbonyl (C=O) groups is 1. The van der Waals surface area contributed by atoms with Gasteiger partial charge in [0.2, 0.25) is 5.78 Å². The Labute approximate surface area is 150 Å². The molecule has 25 heavy (non-hydrogen) atoms. The Balaban J connectivity index is 2.26. The molecular formula is C17H8Cl2F3NO2. The molecule has 128 valence electrons. The van der Waals surface area contributed by atoms with Crippen molar-refractivity contribution in [2.24, 2.45) is 0 Å². The molecule has 0 saturated carbocycles. The molecule has 0 unspecified atom stereocenters. The van der Waals surface area contributed by atoms with Crippen LogP contribution in [0.3, 0.4) is 0 Å². The normalized spacial score (nSPS) is 11.8. The first-order chi connectivity index (χ1) is 11.7. The Kier molecular flexibility index (Phi) is 5.73. The Morgan fingerprint density at radius 1 is 1.08 bits per heavy atom. The molecule has 0 amide bonds. The van der Waals surface area contributed by atoms with E-state index in [2.05, 4.69) is 4.74 Å². The van der Waals surface area contributed by atoms with Gasteiger partial charge >= 0.3 is 6.36 Å². The minimum Gasteiger partial charge on any atom is -0.406 e. The number of allylic oxidation sites excluding steroid dienone is 1. The molecule has 3 nitrogen and oxygen atoms in total. The molecular weight excluding hydrogens is 378 g/mol. The maximum Gasteiger partial charge on any atom is 0.573 e. The van der Waals surface area contributed by atoms with E-state index in [-0.39, 0.29) is 16.2 Å². The number of nitriles is 1. The molecule has 0 spiro atoms. The molecule has 0 aliphatic rings. The molecule has 0 atom stereocenters. The second-order valence-electron chi connectivity index (χ2n) is 4.74. The van der Waals surface area contributed by atoms with Crippen molar-refractivity contribution < 1.29 is 22.7 Å². The largest absolute Gasteiger partial charge is 0.573 e. The van der Waals surface area contributed by atoms with Crippen LogP contribution in [0.1, 0.15) is 15.9 Å². The molecule has 2 aromatic rings. The Bertz CT molecular complexity index is 869. The summed E-state index contributed by atoms with van der Waals surface area (Å²) in [4.78, 5) is 12.3. The van der Waals surface area contributed by atoms with E-state index in [0.717, 1.165) is 24.3 Å². The van der Waals surface area contributed by atoms with Crippen molar-refractivity contribution in [3.63, 3.8) is 0 Å². The molecule has 0 bridgehead atoms. The van der Waals surface area contributed by atoms with Gasteiger partial charge in [-0.05, 0) is 48.0 Å². The highest BCUT2D eigenvalue weighted by atomic mass is 35.5. The van der Waals surface area contributed by atoms with Gasteiger partial charge in [-0.15, -0.1) is 13.2 Å². The third-order valence-corrected chi connectivity index (χ3v) is 3.71. The van der Waals surface area contributed by atoms with Gasteiger partial charge in [0.1, 0.15) is 17.4 Å². The molecule has 8 heteroatoms. The lowest BCUT2D eigenvalue weighted by atomic mass is 10.0. The summed E-state index contributed by atoms with van der Waals surface area (Å²) in [6, 6.07) is 10.6. The average molecular weight is 386 g/mol. The first-order valence-corrected chi connectivity index (χ1v) is 7.42. The number of rotatable bonds is 4. The molecule has 0 aliphatic heterocycles. The van der Waals surface area contributed by atoms with Crippen LogP contribution in [-0.4, -0.2) is 12.1 Å². The minimum atomic E-state index is -4.82. The predicted octanol–water partition coefficient (Wildman–Crippen LogP) is 5.68. The molecule has 2 rings (SSSR count). The van der Waals surface area contributed by atoms with Crippen LogP contribution >= 0.6 is 23.2 Å². The van der Waals surface area contributed by atoms with Crippen LogP contribution in [0.4, 0.5) is 13.2 Å². The number of ketones is 1. The van der Waals surface area contributed by atoms with Crippen molar-refractivity contribution in [2.45, 2.75) is 6.36 Å². The quantitative estimate of drug-likeness (QED) is 0.386. The van der Waals surface area contributed by atoms with E-state index in [9.17, 15) is 23.2 Å². The van der Waals surface area contributed by atoms with E-state index in [1.54, 1.807) is 12.1 Å². The molecule has 0 N–H and O–H groups in total. The number of hydrogen-bond acceptors (Lipinski definition) is 3. The number of hydrogen-bond donors (Lipinski definition) is 0. The van der Waals surface area contributed by atoms with Gasteiger partial charge in [-0.3, -0.25) is 4.79 Å². The van der Waals surface area contributed by atoms with Crippen LogP contribution < -0.4 is 4.74 Å². The highest BCUT2D eigenvalue weighted by Crippen LogP contribution is 2.25. The minimum absolute atomic E-state index is 0.0439. The van der Waals surface area contributed by atoms with E-state index in [1.807, 2.05) is 0 Å². The lowest BCUT2D eigenvalue weighted by Crippen LogP contribution is -2.17. The monoisotopic (exact) mass is 385 g/mol. The zero-order valence-electron chi connectivity index (χ0n) is 12.3. The van der Waals surface area contributed by atoms with Crippen LogP contribution in [0.5, 0.6) is 5.75 Å². The maximum atomic E-state index is 12.3. The van der Waals surface area contributed by atoms with E-state index in [1.165, 1.54) is 18.2 Å². The maximum absolute atomic E-state index is 12.3. The van der Waals surface area contributed by atoms with Crippen LogP contribution in [0.15, 0.2) is 48.0 Å². The SMILES string of the molecule is N#CC(=Cc1ccc(Cl)c(Cl)c1)C(=O)c1ccc(OC(F)(F)F)cc1. The number of benzene rings is 2. The third kappa shape index (κ3) is 5.24. The molecule has 0 radical (unpaired) electrons. The van der Waals surface area contributed by atoms with Gasteiger partial charge in [0.25, 0.3) is 0 Å². The van der Waals surface area contributed by atoms with Crippen molar-refractivity contribution in [3.8, 4) is 11.8 Å². The Morgan fingerprint density at radius 3 is 2.24 bits per heavy atom. The zero-order chi connectivity index (χ0) is 18.6. The van der Waals surface area contributed by atoms with Crippen LogP contribution in [0.25, 0.3) is 6.08 Å². The highest BCUT2D eigenvalue weighted by molar-refractivity contribution is 6.42. The fourth-order valence-electron chi connectivity index (χ4n) is 1.88. The Hall–Kier alpha value is -2.49. The summed E-state index contributed by atoms with van der Waals surface area (Å²) in [5.74, 6) is -1.11. The summed E-state index contributed by atoms with van der Waals surface area (Å²) in [7, 11) is 0. The first-order valence-electron chi connectivity index (χ1n) is 6.67. The number of Topliss-reactive ketones (excluding diaryl/α,β-unsaturated/α-hetero) is 1. The summed E-state index contributed by atoms with van der Waals surface area (Å²) in [5, 5.41) is 9.76. The fraction of sp³-hybridized carbons (Fsp3) is 0.0588. The second kappa shape index (κ2) is 7.60. The van der Waals surface area contributed by atoms with Gasteiger partial charge in [0.15, 0.2) is 0 Å². The summed E-state index contributed by atoms with van der Waals surface area (Å²) in [6.07, 6.45) is -3.51. The van der Waals surface area contributed by atoms with Gasteiger partial charge in [-0.1, -0.05) is 29.3 Å². The van der Waals surface area contributed by atoms with Gasteiger partial charge < -0.3 is 4.74 Å². The van der Waals surface area contributed by atoms with Crippen LogP contribution in [-0.2, 0) is 0 Å². The number of carbonyl (C=O) groups excluding carboxylic acids is 1. The number of halogens is 5. The molecule has 0 heterocycles. The topological polar surface area (TPSA) is 50.1 Å². The van der Waals surface area contributed by atoms with E-state index >= 15 is 0 Å². The fourth-order valence-corrected chi connectivity index (χ4v) is 2.19. The lowest BCUT2D eigenvalue weighted by Gasteiger charge is -2.08. The standard InChI is InChI=1S/C17H8Cl2F3NO2/c18-14-6-1-10(8-15(14)19)7-12(9-23)16(24)11-2-4-13(5-3-11)25-17(20,21)22/h1-8H. The van der Waals surface area contributed by atoms with Crippen molar-refractivity contribution in [1.82, 2.24) is 0 Å². The Morgan fingerprint density at radius 2 is 1.72 bits per heavy atom. The molecule has 0 saturated heterocycles. The van der Waals surface area contributed by atoms with Crippen LogP contribution in [0.2, 0.25) is 10.0 Å². The van der Waals surface area contributed by atoms with Crippen molar-refractivity contribution in [2.75, 3.05) is 0 Å². The van der Waals surface area contributed by atoms with E-state index in [4.69, 9.17) is 23.2 Å². The lowest BCUT2D eigenvalue weighted by molar-refractivity contribution is -0.274.